The van der Waals surface area contributed by atoms with E-state index in [0.29, 0.717) is 17.8 Å². The minimum atomic E-state index is 0.214. The first-order valence-electron chi connectivity index (χ1n) is 6.88. The Bertz CT molecular complexity index is 291. The van der Waals surface area contributed by atoms with E-state index in [9.17, 15) is 4.79 Å². The molecule has 2 atom stereocenters. The van der Waals surface area contributed by atoms with E-state index in [2.05, 4.69) is 32.2 Å². The molecule has 1 amide bonds. The maximum absolute atomic E-state index is 11.4. The number of carbonyl (C=O) groups is 1. The van der Waals surface area contributed by atoms with Crippen LogP contribution in [0.3, 0.4) is 0 Å². The third-order valence-corrected chi connectivity index (χ3v) is 3.83. The zero-order valence-electron chi connectivity index (χ0n) is 11.8. The molecule has 0 heterocycles. The van der Waals surface area contributed by atoms with E-state index in [-0.39, 0.29) is 5.91 Å². The fraction of sp³-hybridized carbons (Fsp3) is 0.800. The summed E-state index contributed by atoms with van der Waals surface area (Å²) in [5.74, 6) is 0.917. The molecule has 1 fully saturated rings. The normalized spacial score (nSPS) is 26.5. The Balaban J connectivity index is 2.18. The standard InChI is InChI=1S/C15H27NO/c1-5-7-14(17)16-11-13-10-15(13,4)9-6-8-12(2)3/h8,13H,5-7,9-11H2,1-4H3,(H,16,17). The SMILES string of the molecule is CCCC(=O)NCC1CC1(C)CCC=C(C)C. The van der Waals surface area contributed by atoms with Gasteiger partial charge in [0.1, 0.15) is 0 Å². The summed E-state index contributed by atoms with van der Waals surface area (Å²) in [4.78, 5) is 11.4. The molecule has 1 rings (SSSR count). The third kappa shape index (κ3) is 4.93. The molecule has 0 aromatic heterocycles. The molecule has 0 aromatic carbocycles. The van der Waals surface area contributed by atoms with Gasteiger partial charge >= 0.3 is 0 Å². The van der Waals surface area contributed by atoms with Gasteiger partial charge in [-0.25, -0.2) is 0 Å². The van der Waals surface area contributed by atoms with Gasteiger partial charge in [-0.05, 0) is 50.9 Å². The first kappa shape index (κ1) is 14.3. The van der Waals surface area contributed by atoms with E-state index >= 15 is 0 Å². The summed E-state index contributed by atoms with van der Waals surface area (Å²) < 4.78 is 0. The summed E-state index contributed by atoms with van der Waals surface area (Å²) in [5, 5.41) is 3.05. The van der Waals surface area contributed by atoms with Crippen LogP contribution in [-0.2, 0) is 4.79 Å². The van der Waals surface area contributed by atoms with E-state index in [1.54, 1.807) is 0 Å². The quantitative estimate of drug-likeness (QED) is 0.672. The number of hydrogen-bond donors (Lipinski definition) is 1. The lowest BCUT2D eigenvalue weighted by Crippen LogP contribution is -2.26. The van der Waals surface area contributed by atoms with Crippen molar-refractivity contribution in [1.82, 2.24) is 5.32 Å². The van der Waals surface area contributed by atoms with Crippen LogP contribution in [0.15, 0.2) is 11.6 Å². The number of amides is 1. The van der Waals surface area contributed by atoms with Crippen molar-refractivity contribution in [3.63, 3.8) is 0 Å². The van der Waals surface area contributed by atoms with Crippen molar-refractivity contribution in [3.05, 3.63) is 11.6 Å². The minimum Gasteiger partial charge on any atom is -0.356 e. The third-order valence-electron chi connectivity index (χ3n) is 3.83. The molecule has 17 heavy (non-hydrogen) atoms. The van der Waals surface area contributed by atoms with Gasteiger partial charge in [0.15, 0.2) is 0 Å². The zero-order chi connectivity index (χ0) is 12.9. The summed E-state index contributed by atoms with van der Waals surface area (Å²) in [7, 11) is 0. The molecular formula is C15H27NO. The van der Waals surface area contributed by atoms with Gasteiger partial charge in [0, 0.05) is 13.0 Å². The van der Waals surface area contributed by atoms with Gasteiger partial charge in [-0.1, -0.05) is 25.5 Å². The van der Waals surface area contributed by atoms with Crippen LogP contribution in [0.1, 0.15) is 59.8 Å². The van der Waals surface area contributed by atoms with Crippen LogP contribution in [-0.4, -0.2) is 12.5 Å². The average molecular weight is 237 g/mol. The van der Waals surface area contributed by atoms with Crippen molar-refractivity contribution >= 4 is 5.91 Å². The molecule has 1 aliphatic rings. The second kappa shape index (κ2) is 6.23. The summed E-state index contributed by atoms with van der Waals surface area (Å²) in [6.45, 7) is 9.57. The van der Waals surface area contributed by atoms with Crippen molar-refractivity contribution in [2.75, 3.05) is 6.54 Å². The number of nitrogens with one attached hydrogen (secondary N) is 1. The first-order chi connectivity index (χ1) is 7.98. The number of hydrogen-bond acceptors (Lipinski definition) is 1. The van der Waals surface area contributed by atoms with Gasteiger partial charge in [-0.3, -0.25) is 4.79 Å². The Morgan fingerprint density at radius 2 is 2.18 bits per heavy atom. The molecule has 98 valence electrons. The van der Waals surface area contributed by atoms with Crippen LogP contribution in [0.2, 0.25) is 0 Å². The molecule has 0 aromatic rings. The molecule has 2 heteroatoms. The lowest BCUT2D eigenvalue weighted by atomic mass is 9.99. The first-order valence-corrected chi connectivity index (χ1v) is 6.88. The maximum atomic E-state index is 11.4. The molecule has 0 spiro atoms. The maximum Gasteiger partial charge on any atom is 0.219 e. The molecule has 1 N–H and O–H groups in total. The lowest BCUT2D eigenvalue weighted by Gasteiger charge is -2.10. The molecule has 0 aliphatic heterocycles. The van der Waals surface area contributed by atoms with Crippen LogP contribution in [0, 0.1) is 11.3 Å². The number of rotatable bonds is 7. The van der Waals surface area contributed by atoms with Crippen LogP contribution in [0.5, 0.6) is 0 Å². The average Bonchev–Trinajstić information content (AvgIpc) is 2.87. The van der Waals surface area contributed by atoms with Crippen molar-refractivity contribution in [2.24, 2.45) is 11.3 Å². The van der Waals surface area contributed by atoms with Crippen molar-refractivity contribution in [2.45, 2.75) is 59.8 Å². The second-order valence-corrected chi connectivity index (χ2v) is 5.93. The van der Waals surface area contributed by atoms with Gasteiger partial charge in [0.05, 0.1) is 0 Å². The van der Waals surface area contributed by atoms with Crippen LogP contribution < -0.4 is 5.32 Å². The lowest BCUT2D eigenvalue weighted by molar-refractivity contribution is -0.121. The molecule has 0 radical (unpaired) electrons. The Morgan fingerprint density at radius 3 is 2.76 bits per heavy atom. The molecule has 1 saturated carbocycles. The molecule has 1 aliphatic carbocycles. The number of carbonyl (C=O) groups excluding carboxylic acids is 1. The topological polar surface area (TPSA) is 29.1 Å². The van der Waals surface area contributed by atoms with E-state index < -0.39 is 0 Å². The fourth-order valence-corrected chi connectivity index (χ4v) is 2.37. The van der Waals surface area contributed by atoms with E-state index in [4.69, 9.17) is 0 Å². The van der Waals surface area contributed by atoms with Crippen LogP contribution >= 0.6 is 0 Å². The molecule has 0 bridgehead atoms. The zero-order valence-corrected chi connectivity index (χ0v) is 11.8. The summed E-state index contributed by atoms with van der Waals surface area (Å²) in [6, 6.07) is 0. The van der Waals surface area contributed by atoms with Gasteiger partial charge in [0.25, 0.3) is 0 Å². The smallest absolute Gasteiger partial charge is 0.219 e. The number of allylic oxidation sites excluding steroid dienone is 2. The highest BCUT2D eigenvalue weighted by molar-refractivity contribution is 5.75. The fourth-order valence-electron chi connectivity index (χ4n) is 2.37. The minimum absolute atomic E-state index is 0.214. The Hall–Kier alpha value is -0.790. The predicted octanol–water partition coefficient (Wildman–Crippen LogP) is 3.68. The van der Waals surface area contributed by atoms with Gasteiger partial charge in [-0.15, -0.1) is 0 Å². The molecule has 2 nitrogen and oxygen atoms in total. The summed E-state index contributed by atoms with van der Waals surface area (Å²) >= 11 is 0. The monoisotopic (exact) mass is 237 g/mol. The van der Waals surface area contributed by atoms with Crippen LogP contribution in [0.4, 0.5) is 0 Å². The summed E-state index contributed by atoms with van der Waals surface area (Å²) in [6.07, 6.45) is 7.63. The molecule has 0 saturated heterocycles. The van der Waals surface area contributed by atoms with E-state index in [0.717, 1.165) is 13.0 Å². The van der Waals surface area contributed by atoms with Gasteiger partial charge in [0.2, 0.25) is 5.91 Å². The van der Waals surface area contributed by atoms with Crippen molar-refractivity contribution < 1.29 is 4.79 Å². The molecule has 2 unspecified atom stereocenters. The van der Waals surface area contributed by atoms with E-state index in [1.807, 2.05) is 6.92 Å². The highest BCUT2D eigenvalue weighted by Crippen LogP contribution is 2.55. The van der Waals surface area contributed by atoms with Crippen LogP contribution in [0.25, 0.3) is 0 Å². The Morgan fingerprint density at radius 1 is 1.47 bits per heavy atom. The molecular weight excluding hydrogens is 210 g/mol. The van der Waals surface area contributed by atoms with Gasteiger partial charge < -0.3 is 5.32 Å². The van der Waals surface area contributed by atoms with E-state index in [1.165, 1.54) is 24.8 Å². The highest BCUT2D eigenvalue weighted by Gasteiger charge is 2.48. The Kier molecular flexibility index (Phi) is 5.23. The largest absolute Gasteiger partial charge is 0.356 e. The summed E-state index contributed by atoms with van der Waals surface area (Å²) in [5.41, 5.74) is 1.88. The highest BCUT2D eigenvalue weighted by atomic mass is 16.1. The predicted molar refractivity (Wildman–Crippen MR) is 72.8 cm³/mol. The van der Waals surface area contributed by atoms with Crippen molar-refractivity contribution in [3.8, 4) is 0 Å². The van der Waals surface area contributed by atoms with Gasteiger partial charge in [-0.2, -0.15) is 0 Å². The van der Waals surface area contributed by atoms with Crippen molar-refractivity contribution in [1.29, 1.82) is 0 Å². The second-order valence-electron chi connectivity index (χ2n) is 5.93. The Labute approximate surface area is 106 Å².